The van der Waals surface area contributed by atoms with Gasteiger partial charge in [0, 0.05) is 29.7 Å². The van der Waals surface area contributed by atoms with Crippen molar-refractivity contribution >= 4 is 46.1 Å². The third-order valence-corrected chi connectivity index (χ3v) is 4.58. The normalized spacial score (nSPS) is 16.3. The summed E-state index contributed by atoms with van der Waals surface area (Å²) in [6.45, 7) is 7.35. The summed E-state index contributed by atoms with van der Waals surface area (Å²) >= 11 is 8.28. The Balaban J connectivity index is 1.94. The van der Waals surface area contributed by atoms with E-state index in [2.05, 4.69) is 32.5 Å². The zero-order valence-electron chi connectivity index (χ0n) is 14.0. The molecule has 0 aliphatic carbocycles. The van der Waals surface area contributed by atoms with Gasteiger partial charge in [0.15, 0.2) is 0 Å². The second kappa shape index (κ2) is 7.42. The summed E-state index contributed by atoms with van der Waals surface area (Å²) in [6.07, 6.45) is 1.52. The van der Waals surface area contributed by atoms with Gasteiger partial charge >= 0.3 is 6.09 Å². The van der Waals surface area contributed by atoms with E-state index in [4.69, 9.17) is 16.3 Å². The van der Waals surface area contributed by atoms with Crippen LogP contribution in [0.15, 0.2) is 12.1 Å². The second-order valence-electron chi connectivity index (χ2n) is 6.78. The van der Waals surface area contributed by atoms with E-state index >= 15 is 0 Å². The first-order chi connectivity index (χ1) is 10.7. The average molecular weight is 452 g/mol. The number of aromatic nitrogens is 1. The number of nitrogens with zero attached hydrogens (tertiary/aromatic N) is 3. The van der Waals surface area contributed by atoms with Gasteiger partial charge in [0.1, 0.15) is 16.6 Å². The number of carbonyl (C=O) groups is 1. The molecule has 1 aromatic rings. The molecular formula is C16H23ClIN3O2. The van der Waals surface area contributed by atoms with Crippen molar-refractivity contribution in [3.63, 3.8) is 0 Å². The van der Waals surface area contributed by atoms with Crippen LogP contribution in [-0.2, 0) is 4.74 Å². The van der Waals surface area contributed by atoms with Crippen molar-refractivity contribution in [3.8, 4) is 0 Å². The van der Waals surface area contributed by atoms with Crippen LogP contribution >= 0.6 is 34.2 Å². The molecule has 7 heteroatoms. The lowest BCUT2D eigenvalue weighted by molar-refractivity contribution is 0.0201. The van der Waals surface area contributed by atoms with E-state index in [0.717, 1.165) is 35.3 Å². The van der Waals surface area contributed by atoms with Gasteiger partial charge in [-0.1, -0.05) is 11.6 Å². The molecule has 0 bridgehead atoms. The minimum absolute atomic E-state index is 0.194. The molecule has 0 radical (unpaired) electrons. The highest BCUT2D eigenvalue weighted by Gasteiger charge is 2.29. The molecule has 1 amide bonds. The molecule has 0 atom stereocenters. The molecule has 0 N–H and O–H groups in total. The van der Waals surface area contributed by atoms with Crippen molar-refractivity contribution in [2.45, 2.75) is 45.3 Å². The number of pyridine rings is 1. The van der Waals surface area contributed by atoms with Gasteiger partial charge in [-0.2, -0.15) is 0 Å². The highest BCUT2D eigenvalue weighted by Crippen LogP contribution is 2.24. The van der Waals surface area contributed by atoms with Gasteiger partial charge in [-0.25, -0.2) is 9.78 Å². The van der Waals surface area contributed by atoms with Crippen molar-refractivity contribution < 1.29 is 9.53 Å². The summed E-state index contributed by atoms with van der Waals surface area (Å²) in [4.78, 5) is 20.5. The van der Waals surface area contributed by atoms with E-state index < -0.39 is 5.60 Å². The lowest BCUT2D eigenvalue weighted by Gasteiger charge is -2.37. The van der Waals surface area contributed by atoms with E-state index in [1.807, 2.05) is 40.0 Å². The number of anilines is 1. The highest BCUT2D eigenvalue weighted by molar-refractivity contribution is 14.1. The maximum absolute atomic E-state index is 12.2. The number of hydrogen-bond acceptors (Lipinski definition) is 4. The van der Waals surface area contributed by atoms with Gasteiger partial charge in [-0.3, -0.25) is 0 Å². The van der Waals surface area contributed by atoms with Gasteiger partial charge in [0.05, 0.1) is 0 Å². The first-order valence-corrected chi connectivity index (χ1v) is 9.15. The van der Waals surface area contributed by atoms with Gasteiger partial charge in [0.25, 0.3) is 0 Å². The Morgan fingerprint density at radius 2 is 2.00 bits per heavy atom. The molecular weight excluding hydrogens is 429 g/mol. The molecule has 5 nitrogen and oxygen atoms in total. The smallest absolute Gasteiger partial charge is 0.410 e. The van der Waals surface area contributed by atoms with E-state index in [-0.39, 0.29) is 12.1 Å². The molecule has 2 heterocycles. The first-order valence-electron chi connectivity index (χ1n) is 7.69. The number of piperidine rings is 1. The van der Waals surface area contributed by atoms with Crippen LogP contribution in [-0.4, -0.2) is 47.8 Å². The summed E-state index contributed by atoms with van der Waals surface area (Å²) in [5.74, 6) is 0.903. The SMILES string of the molecule is CN(C(=O)OC(C)(C)C)C1CCN(c2cc(I)cc(Cl)n2)CC1. The lowest BCUT2D eigenvalue weighted by atomic mass is 10.0. The summed E-state index contributed by atoms with van der Waals surface area (Å²) in [5, 5.41) is 0.514. The number of ether oxygens (including phenoxy) is 1. The molecule has 2 rings (SSSR count). The maximum atomic E-state index is 12.2. The van der Waals surface area contributed by atoms with Crippen LogP contribution in [0, 0.1) is 3.57 Å². The van der Waals surface area contributed by atoms with Gasteiger partial charge in [-0.05, 0) is 68.3 Å². The topological polar surface area (TPSA) is 45.7 Å². The molecule has 0 aromatic carbocycles. The Hall–Kier alpha value is -0.760. The molecule has 1 saturated heterocycles. The predicted octanol–water partition coefficient (Wildman–Crippen LogP) is 4.18. The van der Waals surface area contributed by atoms with Crippen molar-refractivity contribution in [2.75, 3.05) is 25.0 Å². The van der Waals surface area contributed by atoms with Crippen LogP contribution in [0.2, 0.25) is 5.15 Å². The first kappa shape index (κ1) is 18.6. The van der Waals surface area contributed by atoms with E-state index in [1.54, 1.807) is 4.90 Å². The molecule has 128 valence electrons. The molecule has 0 unspecified atom stereocenters. The number of carbonyl (C=O) groups excluding carboxylic acids is 1. The van der Waals surface area contributed by atoms with E-state index in [0.29, 0.717) is 5.15 Å². The maximum Gasteiger partial charge on any atom is 0.410 e. The quantitative estimate of drug-likeness (QED) is 0.500. The third kappa shape index (κ3) is 5.38. The fourth-order valence-corrected chi connectivity index (χ4v) is 3.54. The summed E-state index contributed by atoms with van der Waals surface area (Å²) in [5.41, 5.74) is -0.465. The van der Waals surface area contributed by atoms with E-state index in [1.165, 1.54) is 0 Å². The summed E-state index contributed by atoms with van der Waals surface area (Å²) in [7, 11) is 1.81. The Kier molecular flexibility index (Phi) is 5.99. The molecule has 0 saturated carbocycles. The van der Waals surface area contributed by atoms with Crippen molar-refractivity contribution in [1.29, 1.82) is 0 Å². The monoisotopic (exact) mass is 451 g/mol. The number of halogens is 2. The summed E-state index contributed by atoms with van der Waals surface area (Å²) < 4.78 is 6.51. The molecule has 1 aliphatic rings. The lowest BCUT2D eigenvalue weighted by Crippen LogP contribution is -2.47. The molecule has 1 fully saturated rings. The largest absolute Gasteiger partial charge is 0.444 e. The van der Waals surface area contributed by atoms with E-state index in [9.17, 15) is 4.79 Å². The van der Waals surface area contributed by atoms with Crippen molar-refractivity contribution in [1.82, 2.24) is 9.88 Å². The van der Waals surface area contributed by atoms with Gasteiger partial charge in [-0.15, -0.1) is 0 Å². The molecule has 1 aliphatic heterocycles. The van der Waals surface area contributed by atoms with Crippen LogP contribution in [0.4, 0.5) is 10.6 Å². The third-order valence-electron chi connectivity index (χ3n) is 3.76. The van der Waals surface area contributed by atoms with Crippen LogP contribution in [0.1, 0.15) is 33.6 Å². The zero-order chi connectivity index (χ0) is 17.2. The fraction of sp³-hybridized carbons (Fsp3) is 0.625. The van der Waals surface area contributed by atoms with Crippen molar-refractivity contribution in [3.05, 3.63) is 20.9 Å². The molecule has 1 aromatic heterocycles. The predicted molar refractivity (Wildman–Crippen MR) is 101 cm³/mol. The zero-order valence-corrected chi connectivity index (χ0v) is 16.9. The van der Waals surface area contributed by atoms with Crippen LogP contribution < -0.4 is 4.90 Å². The number of amides is 1. The van der Waals surface area contributed by atoms with Crippen molar-refractivity contribution in [2.24, 2.45) is 0 Å². The second-order valence-corrected chi connectivity index (χ2v) is 8.41. The van der Waals surface area contributed by atoms with Crippen LogP contribution in [0.3, 0.4) is 0 Å². The molecule has 23 heavy (non-hydrogen) atoms. The minimum Gasteiger partial charge on any atom is -0.444 e. The standard InChI is InChI=1S/C16H23ClIN3O2/c1-16(2,3)23-15(22)20(4)12-5-7-21(8-6-12)14-10-11(18)9-13(17)19-14/h9-10,12H,5-8H2,1-4H3. The Bertz CT molecular complexity index is 549. The summed E-state index contributed by atoms with van der Waals surface area (Å²) in [6, 6.07) is 4.07. The van der Waals surface area contributed by atoms with Gasteiger partial charge < -0.3 is 14.5 Å². The van der Waals surface area contributed by atoms with Crippen LogP contribution in [0.25, 0.3) is 0 Å². The minimum atomic E-state index is -0.465. The van der Waals surface area contributed by atoms with Crippen LogP contribution in [0.5, 0.6) is 0 Å². The van der Waals surface area contributed by atoms with Gasteiger partial charge in [0.2, 0.25) is 0 Å². The highest BCUT2D eigenvalue weighted by atomic mass is 127. The average Bonchev–Trinajstić information content (AvgIpc) is 2.44. The molecule has 0 spiro atoms. The number of hydrogen-bond donors (Lipinski definition) is 0. The fourth-order valence-electron chi connectivity index (χ4n) is 2.58. The Morgan fingerprint density at radius 1 is 1.39 bits per heavy atom. The Morgan fingerprint density at radius 3 is 2.52 bits per heavy atom. The number of rotatable bonds is 2. The Labute approximate surface area is 156 Å².